The van der Waals surface area contributed by atoms with Gasteiger partial charge in [0.05, 0.1) is 6.54 Å². The van der Waals surface area contributed by atoms with Crippen LogP contribution in [0, 0.1) is 0 Å². The molecule has 0 aromatic carbocycles. The third kappa shape index (κ3) is 3.46. The van der Waals surface area contributed by atoms with Crippen molar-refractivity contribution in [2.24, 2.45) is 0 Å². The fourth-order valence-corrected chi connectivity index (χ4v) is 1.69. The molecule has 0 saturated carbocycles. The van der Waals surface area contributed by atoms with Crippen LogP contribution in [-0.4, -0.2) is 28.9 Å². The number of hydrogen-bond donors (Lipinski definition) is 1. The van der Waals surface area contributed by atoms with Gasteiger partial charge in [0.1, 0.15) is 5.76 Å². The van der Waals surface area contributed by atoms with E-state index in [-0.39, 0.29) is 23.6 Å². The molecule has 0 saturated heterocycles. The summed E-state index contributed by atoms with van der Waals surface area (Å²) in [6.45, 7) is 3.20. The van der Waals surface area contributed by atoms with Gasteiger partial charge in [-0.1, -0.05) is 0 Å². The van der Waals surface area contributed by atoms with Crippen LogP contribution in [0.2, 0.25) is 0 Å². The van der Waals surface area contributed by atoms with Crippen LogP contribution >= 0.6 is 15.9 Å². The topological polar surface area (TPSA) is 70.8 Å². The van der Waals surface area contributed by atoms with Crippen LogP contribution in [0.15, 0.2) is 32.4 Å². The number of carboxylic acid groups (broad SMARTS) is 1. The lowest BCUT2D eigenvalue weighted by Gasteiger charge is -2.16. The summed E-state index contributed by atoms with van der Waals surface area (Å²) in [5, 5.41) is 8.82. The van der Waals surface area contributed by atoms with E-state index in [0.29, 0.717) is 10.4 Å². The van der Waals surface area contributed by atoms with Gasteiger partial charge in [-0.2, -0.15) is 0 Å². The lowest BCUT2D eigenvalue weighted by atomic mass is 10.1. The summed E-state index contributed by atoms with van der Waals surface area (Å²) in [5.74, 6) is -0.795. The summed E-state index contributed by atoms with van der Waals surface area (Å²) in [7, 11) is 1.59. The van der Waals surface area contributed by atoms with E-state index in [1.54, 1.807) is 19.2 Å². The number of aliphatic carboxylic acids is 1. The molecule has 1 rings (SSSR count). The van der Waals surface area contributed by atoms with Crippen molar-refractivity contribution in [2.45, 2.75) is 20.4 Å². The van der Waals surface area contributed by atoms with E-state index >= 15 is 0 Å². The number of carbonyl (C=O) groups is 2. The summed E-state index contributed by atoms with van der Waals surface area (Å²) in [6, 6.07) is 3.48. The van der Waals surface area contributed by atoms with Crippen molar-refractivity contribution in [3.05, 3.63) is 33.7 Å². The molecule has 98 valence electrons. The van der Waals surface area contributed by atoms with Crippen LogP contribution in [-0.2, 0) is 16.1 Å². The van der Waals surface area contributed by atoms with Gasteiger partial charge in [0.15, 0.2) is 4.67 Å². The molecular weight excluding hydrogens is 302 g/mol. The molecule has 1 aromatic heterocycles. The van der Waals surface area contributed by atoms with Crippen LogP contribution in [0.1, 0.15) is 19.6 Å². The highest BCUT2D eigenvalue weighted by Gasteiger charge is 2.17. The van der Waals surface area contributed by atoms with Gasteiger partial charge in [-0.05, 0) is 41.9 Å². The van der Waals surface area contributed by atoms with Crippen LogP contribution in [0.4, 0.5) is 0 Å². The Morgan fingerprint density at radius 2 is 1.94 bits per heavy atom. The first kappa shape index (κ1) is 14.5. The highest BCUT2D eigenvalue weighted by molar-refractivity contribution is 9.10. The molecule has 5 nitrogen and oxygen atoms in total. The summed E-state index contributed by atoms with van der Waals surface area (Å²) in [6.07, 6.45) is 0. The Hall–Kier alpha value is -1.56. The minimum atomic E-state index is -1.09. The number of likely N-dealkylation sites (N-methyl/N-ethyl adjacent to an activating group) is 1. The van der Waals surface area contributed by atoms with E-state index < -0.39 is 5.97 Å². The van der Waals surface area contributed by atoms with Gasteiger partial charge in [0.2, 0.25) is 5.91 Å². The minimum Gasteiger partial charge on any atom is -0.478 e. The van der Waals surface area contributed by atoms with Gasteiger partial charge in [0.25, 0.3) is 0 Å². The highest BCUT2D eigenvalue weighted by atomic mass is 79.9. The average Bonchev–Trinajstić information content (AvgIpc) is 2.71. The zero-order valence-electron chi connectivity index (χ0n) is 10.4. The number of carbonyl (C=O) groups excluding carboxylic acids is 1. The molecule has 0 atom stereocenters. The lowest BCUT2D eigenvalue weighted by Crippen LogP contribution is -2.27. The van der Waals surface area contributed by atoms with Crippen molar-refractivity contribution in [2.75, 3.05) is 7.05 Å². The van der Waals surface area contributed by atoms with Crippen LogP contribution in [0.25, 0.3) is 0 Å². The van der Waals surface area contributed by atoms with Crippen LogP contribution in [0.3, 0.4) is 0 Å². The summed E-state index contributed by atoms with van der Waals surface area (Å²) >= 11 is 3.17. The highest BCUT2D eigenvalue weighted by Crippen LogP contribution is 2.16. The number of amides is 1. The van der Waals surface area contributed by atoms with Crippen molar-refractivity contribution in [3.8, 4) is 0 Å². The molecule has 0 aliphatic heterocycles. The van der Waals surface area contributed by atoms with E-state index in [9.17, 15) is 9.59 Å². The van der Waals surface area contributed by atoms with Crippen molar-refractivity contribution in [3.63, 3.8) is 0 Å². The number of nitrogens with zero attached hydrogens (tertiary/aromatic N) is 1. The van der Waals surface area contributed by atoms with Gasteiger partial charge in [-0.3, -0.25) is 4.79 Å². The van der Waals surface area contributed by atoms with Crippen molar-refractivity contribution < 1.29 is 19.1 Å². The van der Waals surface area contributed by atoms with Gasteiger partial charge in [-0.25, -0.2) is 4.79 Å². The Balaban J connectivity index is 2.79. The molecule has 0 radical (unpaired) electrons. The fraction of sp³-hybridized carbons (Fsp3) is 0.333. The molecule has 0 spiro atoms. The average molecular weight is 316 g/mol. The zero-order valence-corrected chi connectivity index (χ0v) is 11.9. The number of furan rings is 1. The predicted octanol–water partition coefficient (Wildman–Crippen LogP) is 2.42. The molecule has 1 N–H and O–H groups in total. The van der Waals surface area contributed by atoms with Crippen molar-refractivity contribution >= 4 is 27.8 Å². The maximum atomic E-state index is 12.0. The molecule has 0 fully saturated rings. The standard InChI is InChI=1S/C12H14BrNO4/c1-7(8(2)12(16)17)11(15)14(3)6-9-4-5-10(13)18-9/h4-5H,6H2,1-3H3,(H,16,17). The van der Waals surface area contributed by atoms with Crippen LogP contribution < -0.4 is 0 Å². The largest absolute Gasteiger partial charge is 0.478 e. The third-order valence-electron chi connectivity index (χ3n) is 2.57. The first-order valence-corrected chi connectivity index (χ1v) is 6.02. The number of hydrogen-bond acceptors (Lipinski definition) is 3. The second-order valence-corrected chi connectivity index (χ2v) is 4.70. The fourth-order valence-electron chi connectivity index (χ4n) is 1.35. The van der Waals surface area contributed by atoms with E-state index in [1.807, 2.05) is 0 Å². The lowest BCUT2D eigenvalue weighted by molar-refractivity contribution is -0.133. The number of rotatable bonds is 4. The molecule has 0 bridgehead atoms. The molecule has 0 unspecified atom stereocenters. The molecule has 1 amide bonds. The van der Waals surface area contributed by atoms with Crippen molar-refractivity contribution in [1.29, 1.82) is 0 Å². The van der Waals surface area contributed by atoms with Crippen LogP contribution in [0.5, 0.6) is 0 Å². The van der Waals surface area contributed by atoms with Gasteiger partial charge in [-0.15, -0.1) is 0 Å². The van der Waals surface area contributed by atoms with E-state index in [0.717, 1.165) is 0 Å². The van der Waals surface area contributed by atoms with E-state index in [2.05, 4.69) is 15.9 Å². The Kier molecular flexibility index (Phi) is 4.72. The second kappa shape index (κ2) is 5.86. The maximum absolute atomic E-state index is 12.0. The van der Waals surface area contributed by atoms with Gasteiger partial charge in [0, 0.05) is 18.2 Å². The molecule has 0 aliphatic carbocycles. The minimum absolute atomic E-state index is 0.0486. The zero-order chi connectivity index (χ0) is 13.9. The Morgan fingerprint density at radius 3 is 2.39 bits per heavy atom. The monoisotopic (exact) mass is 315 g/mol. The summed E-state index contributed by atoms with van der Waals surface area (Å²) < 4.78 is 5.87. The molecule has 1 heterocycles. The van der Waals surface area contributed by atoms with Gasteiger partial charge >= 0.3 is 5.97 Å². The summed E-state index contributed by atoms with van der Waals surface area (Å²) in [4.78, 5) is 24.1. The Bertz CT molecular complexity index is 504. The second-order valence-electron chi connectivity index (χ2n) is 3.92. The quantitative estimate of drug-likeness (QED) is 0.866. The molecule has 6 heteroatoms. The molecule has 1 aromatic rings. The summed E-state index contributed by atoms with van der Waals surface area (Å²) in [5.41, 5.74) is 0.267. The molecular formula is C12H14BrNO4. The van der Waals surface area contributed by atoms with E-state index in [1.165, 1.54) is 18.7 Å². The van der Waals surface area contributed by atoms with Crippen molar-refractivity contribution in [1.82, 2.24) is 4.90 Å². The number of carboxylic acids is 1. The smallest absolute Gasteiger partial charge is 0.331 e. The molecule has 0 aliphatic rings. The first-order valence-electron chi connectivity index (χ1n) is 5.23. The first-order chi connectivity index (χ1) is 8.32. The third-order valence-corrected chi connectivity index (χ3v) is 3.00. The maximum Gasteiger partial charge on any atom is 0.331 e. The van der Waals surface area contributed by atoms with E-state index in [4.69, 9.17) is 9.52 Å². The Morgan fingerprint density at radius 1 is 1.33 bits per heavy atom. The number of halogens is 1. The Labute approximate surface area is 113 Å². The normalized spacial score (nSPS) is 12.0. The SMILES string of the molecule is CC(C(=O)O)=C(C)C(=O)N(C)Cc1ccc(Br)o1. The van der Waals surface area contributed by atoms with Gasteiger partial charge < -0.3 is 14.4 Å². The predicted molar refractivity (Wildman–Crippen MR) is 68.9 cm³/mol. The molecule has 18 heavy (non-hydrogen) atoms.